The van der Waals surface area contributed by atoms with E-state index in [9.17, 15) is 0 Å². The zero-order valence-electron chi connectivity index (χ0n) is 11.1. The van der Waals surface area contributed by atoms with Gasteiger partial charge in [0.05, 0.1) is 6.10 Å². The highest BCUT2D eigenvalue weighted by molar-refractivity contribution is 5.12. The molecule has 2 aliphatic carbocycles. The Morgan fingerprint density at radius 1 is 1.38 bits per heavy atom. The first kappa shape index (κ1) is 12.4. The number of rotatable bonds is 6. The fraction of sp³-hybridized carbons (Fsp3) is 1.00. The third kappa shape index (κ3) is 2.14. The molecule has 0 aliphatic heterocycles. The van der Waals surface area contributed by atoms with Gasteiger partial charge < -0.3 is 10.1 Å². The Bertz CT molecular complexity index is 223. The predicted molar refractivity (Wildman–Crippen MR) is 67.6 cm³/mol. The van der Waals surface area contributed by atoms with Gasteiger partial charge >= 0.3 is 0 Å². The van der Waals surface area contributed by atoms with Crippen LogP contribution in [0.4, 0.5) is 0 Å². The number of hydrogen-bond acceptors (Lipinski definition) is 2. The summed E-state index contributed by atoms with van der Waals surface area (Å²) in [5.74, 6) is 0.813. The third-order valence-electron chi connectivity index (χ3n) is 4.55. The highest BCUT2D eigenvalue weighted by Gasteiger charge is 2.58. The zero-order valence-corrected chi connectivity index (χ0v) is 11.1. The van der Waals surface area contributed by atoms with Gasteiger partial charge in [0.25, 0.3) is 0 Å². The summed E-state index contributed by atoms with van der Waals surface area (Å²) in [6.07, 6.45) is 7.28. The normalized spacial score (nSPS) is 31.5. The minimum Gasteiger partial charge on any atom is -0.378 e. The SMILES string of the molecule is CCOC1CC(NCCC(C)C)C12CCC2. The summed E-state index contributed by atoms with van der Waals surface area (Å²) in [4.78, 5) is 0. The van der Waals surface area contributed by atoms with Crippen LogP contribution in [0.5, 0.6) is 0 Å². The van der Waals surface area contributed by atoms with E-state index in [4.69, 9.17) is 4.74 Å². The highest BCUT2D eigenvalue weighted by atomic mass is 16.5. The van der Waals surface area contributed by atoms with Crippen LogP contribution in [0.15, 0.2) is 0 Å². The van der Waals surface area contributed by atoms with Crippen molar-refractivity contribution in [2.24, 2.45) is 11.3 Å². The fourth-order valence-electron chi connectivity index (χ4n) is 3.27. The third-order valence-corrected chi connectivity index (χ3v) is 4.55. The number of nitrogens with one attached hydrogen (secondary N) is 1. The summed E-state index contributed by atoms with van der Waals surface area (Å²) in [7, 11) is 0. The monoisotopic (exact) mass is 225 g/mol. The molecule has 0 amide bonds. The molecule has 94 valence electrons. The van der Waals surface area contributed by atoms with E-state index in [1.807, 2.05) is 0 Å². The van der Waals surface area contributed by atoms with Crippen LogP contribution in [-0.2, 0) is 4.74 Å². The maximum absolute atomic E-state index is 5.85. The van der Waals surface area contributed by atoms with Crippen LogP contribution in [0.25, 0.3) is 0 Å². The molecule has 2 unspecified atom stereocenters. The molecule has 2 rings (SSSR count). The largest absolute Gasteiger partial charge is 0.378 e. The van der Waals surface area contributed by atoms with Crippen molar-refractivity contribution in [2.45, 2.75) is 65.0 Å². The average molecular weight is 225 g/mol. The van der Waals surface area contributed by atoms with Crippen LogP contribution in [0.2, 0.25) is 0 Å². The first-order chi connectivity index (χ1) is 7.69. The Morgan fingerprint density at radius 3 is 2.62 bits per heavy atom. The molecule has 0 bridgehead atoms. The van der Waals surface area contributed by atoms with Crippen LogP contribution >= 0.6 is 0 Å². The van der Waals surface area contributed by atoms with Gasteiger partial charge in [0, 0.05) is 18.1 Å². The lowest BCUT2D eigenvalue weighted by molar-refractivity contribution is -0.172. The van der Waals surface area contributed by atoms with Gasteiger partial charge in [0.1, 0.15) is 0 Å². The van der Waals surface area contributed by atoms with Crippen molar-refractivity contribution in [2.75, 3.05) is 13.2 Å². The van der Waals surface area contributed by atoms with Crippen molar-refractivity contribution in [1.29, 1.82) is 0 Å². The predicted octanol–water partition coefficient (Wildman–Crippen LogP) is 2.97. The van der Waals surface area contributed by atoms with Gasteiger partial charge in [-0.3, -0.25) is 0 Å². The summed E-state index contributed by atoms with van der Waals surface area (Å²) in [5, 5.41) is 3.75. The first-order valence-electron chi connectivity index (χ1n) is 7.04. The van der Waals surface area contributed by atoms with E-state index in [1.54, 1.807) is 0 Å². The van der Waals surface area contributed by atoms with Gasteiger partial charge in [-0.1, -0.05) is 20.3 Å². The summed E-state index contributed by atoms with van der Waals surface area (Å²) < 4.78 is 5.85. The van der Waals surface area contributed by atoms with E-state index < -0.39 is 0 Å². The number of hydrogen-bond donors (Lipinski definition) is 1. The minimum atomic E-state index is 0.535. The second kappa shape index (κ2) is 5.05. The molecule has 0 heterocycles. The lowest BCUT2D eigenvalue weighted by atomic mass is 9.51. The molecule has 0 aromatic heterocycles. The molecule has 2 aliphatic rings. The molecule has 2 saturated carbocycles. The average Bonchev–Trinajstić information content (AvgIpc) is 2.12. The van der Waals surface area contributed by atoms with Crippen LogP contribution in [0.1, 0.15) is 52.9 Å². The molecule has 2 nitrogen and oxygen atoms in total. The molecule has 1 N–H and O–H groups in total. The lowest BCUT2D eigenvalue weighted by Gasteiger charge is -2.61. The molecule has 0 radical (unpaired) electrons. The molecule has 2 fully saturated rings. The second-order valence-electron chi connectivity index (χ2n) is 5.96. The standard InChI is InChI=1S/C14H27NO/c1-4-16-13-10-12(14(13)7-5-8-14)15-9-6-11(2)3/h11-13,15H,4-10H2,1-3H3. The maximum atomic E-state index is 5.85. The summed E-state index contributed by atoms with van der Waals surface area (Å²) in [5.41, 5.74) is 0.535. The molecule has 0 saturated heterocycles. The summed E-state index contributed by atoms with van der Waals surface area (Å²) in [6.45, 7) is 8.77. The van der Waals surface area contributed by atoms with E-state index in [0.717, 1.165) is 18.6 Å². The van der Waals surface area contributed by atoms with Crippen LogP contribution in [-0.4, -0.2) is 25.3 Å². The van der Waals surface area contributed by atoms with E-state index in [-0.39, 0.29) is 0 Å². The Morgan fingerprint density at radius 2 is 2.12 bits per heavy atom. The van der Waals surface area contributed by atoms with E-state index in [0.29, 0.717) is 11.5 Å². The quantitative estimate of drug-likeness (QED) is 0.750. The highest BCUT2D eigenvalue weighted by Crippen LogP contribution is 2.57. The molecule has 0 aromatic carbocycles. The van der Waals surface area contributed by atoms with Gasteiger partial charge in [0.2, 0.25) is 0 Å². The molecule has 1 spiro atoms. The Hall–Kier alpha value is -0.0800. The Labute approximate surface area is 100 Å². The van der Waals surface area contributed by atoms with Crippen molar-refractivity contribution < 1.29 is 4.74 Å². The van der Waals surface area contributed by atoms with Gasteiger partial charge in [-0.15, -0.1) is 0 Å². The molecule has 2 heteroatoms. The lowest BCUT2D eigenvalue weighted by Crippen LogP contribution is -2.67. The van der Waals surface area contributed by atoms with Crippen LogP contribution < -0.4 is 5.32 Å². The smallest absolute Gasteiger partial charge is 0.0661 e. The van der Waals surface area contributed by atoms with E-state index in [2.05, 4.69) is 26.1 Å². The first-order valence-corrected chi connectivity index (χ1v) is 7.04. The Balaban J connectivity index is 1.75. The number of ether oxygens (including phenoxy) is 1. The van der Waals surface area contributed by atoms with Gasteiger partial charge in [-0.2, -0.15) is 0 Å². The molecular weight excluding hydrogens is 198 g/mol. The molecular formula is C14H27NO. The van der Waals surface area contributed by atoms with Crippen molar-refractivity contribution in [3.8, 4) is 0 Å². The van der Waals surface area contributed by atoms with Gasteiger partial charge in [0.15, 0.2) is 0 Å². The topological polar surface area (TPSA) is 21.3 Å². The summed E-state index contributed by atoms with van der Waals surface area (Å²) in [6, 6.07) is 0.747. The minimum absolute atomic E-state index is 0.535. The fourth-order valence-corrected chi connectivity index (χ4v) is 3.27. The summed E-state index contributed by atoms with van der Waals surface area (Å²) >= 11 is 0. The van der Waals surface area contributed by atoms with Crippen LogP contribution in [0.3, 0.4) is 0 Å². The van der Waals surface area contributed by atoms with Gasteiger partial charge in [-0.05, 0) is 45.1 Å². The van der Waals surface area contributed by atoms with Crippen molar-refractivity contribution >= 4 is 0 Å². The van der Waals surface area contributed by atoms with E-state index in [1.165, 1.54) is 38.6 Å². The maximum Gasteiger partial charge on any atom is 0.0661 e. The Kier molecular flexibility index (Phi) is 3.91. The van der Waals surface area contributed by atoms with E-state index >= 15 is 0 Å². The zero-order chi connectivity index (χ0) is 11.6. The molecule has 2 atom stereocenters. The molecule has 0 aromatic rings. The van der Waals surface area contributed by atoms with Crippen LogP contribution in [0, 0.1) is 11.3 Å². The van der Waals surface area contributed by atoms with Crippen molar-refractivity contribution in [1.82, 2.24) is 5.32 Å². The van der Waals surface area contributed by atoms with Gasteiger partial charge in [-0.25, -0.2) is 0 Å². The molecule has 16 heavy (non-hydrogen) atoms. The van der Waals surface area contributed by atoms with Crippen molar-refractivity contribution in [3.05, 3.63) is 0 Å². The second-order valence-corrected chi connectivity index (χ2v) is 5.96. The van der Waals surface area contributed by atoms with Crippen molar-refractivity contribution in [3.63, 3.8) is 0 Å².